The van der Waals surface area contributed by atoms with Crippen LogP contribution in [0.15, 0.2) is 33.8 Å². The van der Waals surface area contributed by atoms with Gasteiger partial charge in [0.2, 0.25) is 5.89 Å². The molecule has 0 spiro atoms. The summed E-state index contributed by atoms with van der Waals surface area (Å²) in [5.74, 6) is 1.76. The van der Waals surface area contributed by atoms with E-state index in [1.165, 1.54) is 12.1 Å². The number of alkyl halides is 3. The summed E-state index contributed by atoms with van der Waals surface area (Å²) in [5.41, 5.74) is 0.183. The summed E-state index contributed by atoms with van der Waals surface area (Å²) in [6.45, 7) is 5.44. The molecule has 0 aliphatic heterocycles. The van der Waals surface area contributed by atoms with Crippen LogP contribution in [0.3, 0.4) is 0 Å². The minimum absolute atomic E-state index is 0. The molecule has 0 atom stereocenters. The lowest BCUT2D eigenvalue weighted by molar-refractivity contribution is -0.137. The van der Waals surface area contributed by atoms with E-state index < -0.39 is 11.7 Å². The molecule has 1 aromatic heterocycles. The second-order valence-corrected chi connectivity index (χ2v) is 5.62. The molecular weight excluding hydrogens is 474 g/mol. The third kappa shape index (κ3) is 8.14. The van der Waals surface area contributed by atoms with Crippen LogP contribution in [0, 0.1) is 6.92 Å². The minimum Gasteiger partial charge on any atom is -0.357 e. The average Bonchev–Trinajstić information content (AvgIpc) is 3.00. The Kier molecular flexibility index (Phi) is 9.53. The molecule has 150 valence electrons. The maximum Gasteiger partial charge on any atom is 0.416 e. The number of benzene rings is 1. The van der Waals surface area contributed by atoms with Gasteiger partial charge in [0.15, 0.2) is 11.8 Å². The van der Waals surface area contributed by atoms with E-state index in [0.717, 1.165) is 17.7 Å². The second-order valence-electron chi connectivity index (χ2n) is 5.62. The number of aryl methyl sites for hydroxylation is 1. The first-order chi connectivity index (χ1) is 12.4. The van der Waals surface area contributed by atoms with Crippen molar-refractivity contribution in [3.8, 4) is 0 Å². The van der Waals surface area contributed by atoms with Gasteiger partial charge in [-0.3, -0.25) is 4.99 Å². The Hall–Kier alpha value is -1.85. The summed E-state index contributed by atoms with van der Waals surface area (Å²) in [6.07, 6.45) is -3.18. The molecular formula is C17H23F3IN5O. The maximum absolute atomic E-state index is 12.6. The standard InChI is InChI=1S/C17H22F3N5O.HI/c1-3-21-16(23-11-9-15-24-12(2)25-26-15)22-10-8-13-4-6-14(7-5-13)17(18,19)20;/h4-7H,3,8-11H2,1-2H3,(H2,21,22,23);1H. The van der Waals surface area contributed by atoms with Crippen LogP contribution < -0.4 is 10.6 Å². The van der Waals surface area contributed by atoms with E-state index in [1.807, 2.05) is 6.92 Å². The normalized spacial score (nSPS) is 11.8. The zero-order valence-electron chi connectivity index (χ0n) is 15.1. The topological polar surface area (TPSA) is 75.3 Å². The van der Waals surface area contributed by atoms with Gasteiger partial charge in [0, 0.05) is 19.5 Å². The van der Waals surface area contributed by atoms with Crippen LogP contribution in [0.4, 0.5) is 13.2 Å². The number of rotatable bonds is 7. The number of nitrogens with one attached hydrogen (secondary N) is 2. The Morgan fingerprint density at radius 3 is 2.41 bits per heavy atom. The van der Waals surface area contributed by atoms with Gasteiger partial charge >= 0.3 is 6.18 Å². The lowest BCUT2D eigenvalue weighted by Crippen LogP contribution is -2.38. The van der Waals surface area contributed by atoms with Crippen LogP contribution in [0.1, 0.15) is 29.8 Å². The zero-order valence-corrected chi connectivity index (χ0v) is 17.5. The number of hydrogen-bond acceptors (Lipinski definition) is 4. The molecule has 0 radical (unpaired) electrons. The van der Waals surface area contributed by atoms with Gasteiger partial charge in [-0.05, 0) is 38.0 Å². The fraction of sp³-hybridized carbons (Fsp3) is 0.471. The Bertz CT molecular complexity index is 716. The lowest BCUT2D eigenvalue weighted by atomic mass is 10.1. The summed E-state index contributed by atoms with van der Waals surface area (Å²) in [5, 5.41) is 9.99. The van der Waals surface area contributed by atoms with E-state index in [9.17, 15) is 13.2 Å². The van der Waals surface area contributed by atoms with Crippen molar-refractivity contribution in [2.75, 3.05) is 19.6 Å². The summed E-state index contributed by atoms with van der Waals surface area (Å²) in [7, 11) is 0. The molecule has 10 heteroatoms. The third-order valence-corrected chi connectivity index (χ3v) is 3.50. The first-order valence-electron chi connectivity index (χ1n) is 8.36. The molecule has 1 heterocycles. The molecule has 0 unspecified atom stereocenters. The van der Waals surface area contributed by atoms with Crippen LogP contribution in [0.5, 0.6) is 0 Å². The molecule has 0 aliphatic rings. The number of aromatic nitrogens is 2. The van der Waals surface area contributed by atoms with Crippen LogP contribution >= 0.6 is 24.0 Å². The van der Waals surface area contributed by atoms with Crippen molar-refractivity contribution in [1.29, 1.82) is 0 Å². The zero-order chi connectivity index (χ0) is 19.0. The molecule has 1 aromatic carbocycles. The number of nitrogens with zero attached hydrogens (tertiary/aromatic N) is 3. The Morgan fingerprint density at radius 1 is 1.15 bits per heavy atom. The van der Waals surface area contributed by atoms with E-state index in [-0.39, 0.29) is 24.0 Å². The van der Waals surface area contributed by atoms with Gasteiger partial charge in [-0.15, -0.1) is 24.0 Å². The van der Waals surface area contributed by atoms with Crippen molar-refractivity contribution in [3.63, 3.8) is 0 Å². The fourth-order valence-corrected chi connectivity index (χ4v) is 2.23. The van der Waals surface area contributed by atoms with E-state index >= 15 is 0 Å². The van der Waals surface area contributed by atoms with E-state index in [0.29, 0.717) is 50.2 Å². The van der Waals surface area contributed by atoms with Gasteiger partial charge in [0.25, 0.3) is 0 Å². The Labute approximate surface area is 173 Å². The van der Waals surface area contributed by atoms with Crippen LogP contribution in [0.25, 0.3) is 0 Å². The quantitative estimate of drug-likeness (QED) is 0.349. The predicted octanol–water partition coefficient (Wildman–Crippen LogP) is 3.36. The molecule has 0 amide bonds. The molecule has 0 saturated heterocycles. The monoisotopic (exact) mass is 497 g/mol. The van der Waals surface area contributed by atoms with Gasteiger partial charge in [-0.1, -0.05) is 17.3 Å². The summed E-state index contributed by atoms with van der Waals surface area (Å²) < 4.78 is 42.7. The Morgan fingerprint density at radius 2 is 1.85 bits per heavy atom. The van der Waals surface area contributed by atoms with Gasteiger partial charge in [-0.25, -0.2) is 0 Å². The van der Waals surface area contributed by atoms with Gasteiger partial charge in [0.05, 0.1) is 12.1 Å². The molecule has 0 fully saturated rings. The number of aliphatic imine (C=N–C) groups is 1. The SMILES string of the molecule is CCNC(=NCCc1nc(C)no1)NCCc1ccc(C(F)(F)F)cc1.I. The van der Waals surface area contributed by atoms with Crippen molar-refractivity contribution in [1.82, 2.24) is 20.8 Å². The molecule has 2 aromatic rings. The van der Waals surface area contributed by atoms with Crippen molar-refractivity contribution in [3.05, 3.63) is 47.1 Å². The summed E-state index contributed by atoms with van der Waals surface area (Å²) in [4.78, 5) is 8.53. The predicted molar refractivity (Wildman–Crippen MR) is 107 cm³/mol. The lowest BCUT2D eigenvalue weighted by Gasteiger charge is -2.11. The highest BCUT2D eigenvalue weighted by Gasteiger charge is 2.29. The fourth-order valence-electron chi connectivity index (χ4n) is 2.23. The van der Waals surface area contributed by atoms with Gasteiger partial charge < -0.3 is 15.2 Å². The molecule has 0 bridgehead atoms. The smallest absolute Gasteiger partial charge is 0.357 e. The minimum atomic E-state index is -4.31. The number of guanidine groups is 1. The second kappa shape index (κ2) is 11.1. The molecule has 0 aliphatic carbocycles. The molecule has 2 N–H and O–H groups in total. The number of hydrogen-bond donors (Lipinski definition) is 2. The van der Waals surface area contributed by atoms with E-state index in [2.05, 4.69) is 25.8 Å². The van der Waals surface area contributed by atoms with Crippen molar-refractivity contribution in [2.24, 2.45) is 4.99 Å². The maximum atomic E-state index is 12.6. The van der Waals surface area contributed by atoms with Crippen molar-refractivity contribution >= 4 is 29.9 Å². The first-order valence-corrected chi connectivity index (χ1v) is 8.36. The van der Waals surface area contributed by atoms with Crippen LogP contribution in [-0.4, -0.2) is 35.7 Å². The van der Waals surface area contributed by atoms with Crippen LogP contribution in [0.2, 0.25) is 0 Å². The third-order valence-electron chi connectivity index (χ3n) is 3.50. The summed E-state index contributed by atoms with van der Waals surface area (Å²) in [6, 6.07) is 5.18. The molecule has 6 nitrogen and oxygen atoms in total. The van der Waals surface area contributed by atoms with Crippen LogP contribution in [-0.2, 0) is 19.0 Å². The molecule has 0 saturated carbocycles. The number of halogens is 4. The highest BCUT2D eigenvalue weighted by molar-refractivity contribution is 14.0. The van der Waals surface area contributed by atoms with Crippen molar-refractivity contribution in [2.45, 2.75) is 32.9 Å². The highest BCUT2D eigenvalue weighted by Crippen LogP contribution is 2.29. The van der Waals surface area contributed by atoms with E-state index in [1.54, 1.807) is 6.92 Å². The van der Waals surface area contributed by atoms with Gasteiger partial charge in [-0.2, -0.15) is 18.2 Å². The van der Waals surface area contributed by atoms with Crippen molar-refractivity contribution < 1.29 is 17.7 Å². The van der Waals surface area contributed by atoms with E-state index in [4.69, 9.17) is 4.52 Å². The highest BCUT2D eigenvalue weighted by atomic mass is 127. The largest absolute Gasteiger partial charge is 0.416 e. The van der Waals surface area contributed by atoms with Gasteiger partial charge in [0.1, 0.15) is 0 Å². The average molecular weight is 497 g/mol. The molecule has 27 heavy (non-hydrogen) atoms. The summed E-state index contributed by atoms with van der Waals surface area (Å²) >= 11 is 0. The Balaban J connectivity index is 0.00000364. The molecule has 2 rings (SSSR count). The first kappa shape index (κ1) is 23.2.